The summed E-state index contributed by atoms with van der Waals surface area (Å²) in [4.78, 5) is 28.2. The van der Waals surface area contributed by atoms with Crippen LogP contribution < -0.4 is 5.32 Å². The van der Waals surface area contributed by atoms with Gasteiger partial charge < -0.3 is 15.1 Å². The molecule has 1 heterocycles. The van der Waals surface area contributed by atoms with E-state index < -0.39 is 0 Å². The van der Waals surface area contributed by atoms with Gasteiger partial charge in [-0.15, -0.1) is 0 Å². The van der Waals surface area contributed by atoms with Crippen molar-refractivity contribution in [3.8, 4) is 0 Å². The Bertz CT molecular complexity index is 330. The molecule has 0 spiro atoms. The van der Waals surface area contributed by atoms with E-state index in [0.717, 1.165) is 32.7 Å². The summed E-state index contributed by atoms with van der Waals surface area (Å²) in [5.74, 6) is 0.690. The highest BCUT2D eigenvalue weighted by atomic mass is 16.2. The number of amides is 2. The molecule has 1 N–H and O–H groups in total. The van der Waals surface area contributed by atoms with Gasteiger partial charge >= 0.3 is 0 Å². The first-order chi connectivity index (χ1) is 9.97. The Morgan fingerprint density at radius 1 is 1.29 bits per heavy atom. The van der Waals surface area contributed by atoms with E-state index in [9.17, 15) is 9.59 Å². The van der Waals surface area contributed by atoms with E-state index in [0.29, 0.717) is 25.3 Å². The smallest absolute Gasteiger partial charge is 0.227 e. The zero-order chi connectivity index (χ0) is 15.8. The number of likely N-dealkylation sites (N-methyl/N-ethyl adjacent to an activating group) is 1. The summed E-state index contributed by atoms with van der Waals surface area (Å²) in [6.07, 6.45) is 1.16. The van der Waals surface area contributed by atoms with Crippen molar-refractivity contribution in [2.45, 2.75) is 40.5 Å². The van der Waals surface area contributed by atoms with Crippen LogP contribution in [-0.4, -0.2) is 60.9 Å². The van der Waals surface area contributed by atoms with Crippen LogP contribution in [0.3, 0.4) is 0 Å². The van der Waals surface area contributed by atoms with Gasteiger partial charge in [0, 0.05) is 32.6 Å². The lowest BCUT2D eigenvalue weighted by Crippen LogP contribution is -2.48. The molecule has 21 heavy (non-hydrogen) atoms. The molecule has 0 radical (unpaired) electrons. The average Bonchev–Trinajstić information content (AvgIpc) is 2.46. The second-order valence-electron chi connectivity index (χ2n) is 6.24. The molecule has 2 amide bonds. The minimum atomic E-state index is -0.0434. The lowest BCUT2D eigenvalue weighted by molar-refractivity contribution is -0.138. The summed E-state index contributed by atoms with van der Waals surface area (Å²) >= 11 is 0. The van der Waals surface area contributed by atoms with Gasteiger partial charge in [0.05, 0.1) is 5.92 Å². The first-order valence-electron chi connectivity index (χ1n) is 8.25. The summed E-state index contributed by atoms with van der Waals surface area (Å²) in [6, 6.07) is 0. The molecule has 1 rings (SSSR count). The number of nitrogens with one attached hydrogen (secondary N) is 1. The molecule has 0 aromatic heterocycles. The van der Waals surface area contributed by atoms with E-state index in [1.54, 1.807) is 0 Å². The number of rotatable bonds is 8. The number of hydrogen-bond acceptors (Lipinski definition) is 3. The SMILES string of the molecule is CCN(CC)CCN(CC(C)C)C(=O)C1CCC(=O)NC1. The van der Waals surface area contributed by atoms with Crippen LogP contribution in [0.1, 0.15) is 40.5 Å². The molecule has 1 fully saturated rings. The molecule has 5 nitrogen and oxygen atoms in total. The third-order valence-electron chi connectivity index (χ3n) is 4.09. The van der Waals surface area contributed by atoms with Crippen molar-refractivity contribution in [1.82, 2.24) is 15.1 Å². The molecular weight excluding hydrogens is 266 g/mol. The second-order valence-corrected chi connectivity index (χ2v) is 6.24. The number of carbonyl (C=O) groups excluding carboxylic acids is 2. The maximum atomic E-state index is 12.7. The van der Waals surface area contributed by atoms with Crippen molar-refractivity contribution in [3.05, 3.63) is 0 Å². The fraction of sp³-hybridized carbons (Fsp3) is 0.875. The summed E-state index contributed by atoms with van der Waals surface area (Å²) < 4.78 is 0. The van der Waals surface area contributed by atoms with Crippen molar-refractivity contribution in [1.29, 1.82) is 0 Å². The van der Waals surface area contributed by atoms with Crippen LogP contribution in [0, 0.1) is 11.8 Å². The van der Waals surface area contributed by atoms with Gasteiger partial charge in [-0.1, -0.05) is 27.7 Å². The Morgan fingerprint density at radius 2 is 1.95 bits per heavy atom. The Morgan fingerprint density at radius 3 is 2.43 bits per heavy atom. The van der Waals surface area contributed by atoms with E-state index in [4.69, 9.17) is 0 Å². The molecule has 1 saturated heterocycles. The lowest BCUT2D eigenvalue weighted by atomic mass is 9.97. The molecule has 122 valence electrons. The van der Waals surface area contributed by atoms with Crippen LogP contribution in [0.2, 0.25) is 0 Å². The van der Waals surface area contributed by atoms with E-state index in [1.807, 2.05) is 4.90 Å². The number of piperidine rings is 1. The largest absolute Gasteiger partial charge is 0.355 e. The van der Waals surface area contributed by atoms with Gasteiger partial charge in [0.25, 0.3) is 0 Å². The van der Waals surface area contributed by atoms with Crippen molar-refractivity contribution in [3.63, 3.8) is 0 Å². The summed E-state index contributed by atoms with van der Waals surface area (Å²) in [5, 5.41) is 2.81. The molecule has 1 unspecified atom stereocenters. The Hall–Kier alpha value is -1.10. The summed E-state index contributed by atoms with van der Waals surface area (Å²) in [7, 11) is 0. The van der Waals surface area contributed by atoms with Crippen molar-refractivity contribution in [2.24, 2.45) is 11.8 Å². The lowest BCUT2D eigenvalue weighted by Gasteiger charge is -2.32. The Labute approximate surface area is 129 Å². The van der Waals surface area contributed by atoms with Gasteiger partial charge in [-0.25, -0.2) is 0 Å². The van der Waals surface area contributed by atoms with Gasteiger partial charge in [0.2, 0.25) is 11.8 Å². The van der Waals surface area contributed by atoms with Gasteiger partial charge in [0.15, 0.2) is 0 Å². The van der Waals surface area contributed by atoms with Gasteiger partial charge in [-0.3, -0.25) is 9.59 Å². The zero-order valence-corrected chi connectivity index (χ0v) is 14.0. The van der Waals surface area contributed by atoms with E-state index in [-0.39, 0.29) is 17.7 Å². The highest BCUT2D eigenvalue weighted by molar-refractivity contribution is 5.83. The minimum Gasteiger partial charge on any atom is -0.355 e. The maximum Gasteiger partial charge on any atom is 0.227 e. The fourth-order valence-corrected chi connectivity index (χ4v) is 2.74. The highest BCUT2D eigenvalue weighted by Gasteiger charge is 2.28. The van der Waals surface area contributed by atoms with E-state index in [2.05, 4.69) is 37.9 Å². The van der Waals surface area contributed by atoms with Gasteiger partial charge in [0.1, 0.15) is 0 Å². The average molecular weight is 297 g/mol. The van der Waals surface area contributed by atoms with Crippen LogP contribution in [0.4, 0.5) is 0 Å². The van der Waals surface area contributed by atoms with Crippen LogP contribution in [-0.2, 0) is 9.59 Å². The normalized spacial score (nSPS) is 19.0. The van der Waals surface area contributed by atoms with Crippen molar-refractivity contribution < 1.29 is 9.59 Å². The van der Waals surface area contributed by atoms with Crippen LogP contribution in [0.25, 0.3) is 0 Å². The van der Waals surface area contributed by atoms with Crippen molar-refractivity contribution in [2.75, 3.05) is 39.3 Å². The molecule has 0 aromatic rings. The fourth-order valence-electron chi connectivity index (χ4n) is 2.74. The van der Waals surface area contributed by atoms with Crippen molar-refractivity contribution >= 4 is 11.8 Å². The first-order valence-corrected chi connectivity index (χ1v) is 8.25. The predicted molar refractivity (Wildman–Crippen MR) is 84.9 cm³/mol. The first kappa shape index (κ1) is 18.0. The third-order valence-corrected chi connectivity index (χ3v) is 4.09. The monoisotopic (exact) mass is 297 g/mol. The zero-order valence-electron chi connectivity index (χ0n) is 14.0. The molecular formula is C16H31N3O2. The molecule has 0 saturated carbocycles. The molecule has 0 aliphatic carbocycles. The van der Waals surface area contributed by atoms with E-state index >= 15 is 0 Å². The van der Waals surface area contributed by atoms with Crippen LogP contribution >= 0.6 is 0 Å². The molecule has 5 heteroatoms. The maximum absolute atomic E-state index is 12.7. The van der Waals surface area contributed by atoms with Gasteiger partial charge in [-0.2, -0.15) is 0 Å². The second kappa shape index (κ2) is 9.03. The molecule has 1 aliphatic heterocycles. The number of hydrogen-bond donors (Lipinski definition) is 1. The molecule has 1 atom stereocenters. The predicted octanol–water partition coefficient (Wildman–Crippen LogP) is 1.34. The number of nitrogens with zero attached hydrogens (tertiary/aromatic N) is 2. The summed E-state index contributed by atoms with van der Waals surface area (Å²) in [5.41, 5.74) is 0. The number of carbonyl (C=O) groups is 2. The quantitative estimate of drug-likeness (QED) is 0.735. The van der Waals surface area contributed by atoms with E-state index in [1.165, 1.54) is 0 Å². The molecule has 1 aliphatic rings. The van der Waals surface area contributed by atoms with Crippen LogP contribution in [0.5, 0.6) is 0 Å². The molecule has 0 bridgehead atoms. The highest BCUT2D eigenvalue weighted by Crippen LogP contribution is 2.15. The summed E-state index contributed by atoms with van der Waals surface area (Å²) in [6.45, 7) is 13.6. The standard InChI is InChI=1S/C16H31N3O2/c1-5-18(6-2)9-10-19(12-13(3)4)16(21)14-7-8-15(20)17-11-14/h13-14H,5-12H2,1-4H3,(H,17,20). The van der Waals surface area contributed by atoms with Crippen LogP contribution in [0.15, 0.2) is 0 Å². The third kappa shape index (κ3) is 6.04. The topological polar surface area (TPSA) is 52.7 Å². The molecule has 0 aromatic carbocycles. The Kier molecular flexibility index (Phi) is 7.72. The Balaban J connectivity index is 2.58. The minimum absolute atomic E-state index is 0.0434. The van der Waals surface area contributed by atoms with Gasteiger partial charge in [-0.05, 0) is 25.4 Å².